The monoisotopic (exact) mass is 292 g/mol. The average molecular weight is 292 g/mol. The van der Waals surface area contributed by atoms with E-state index in [0.29, 0.717) is 12.2 Å². The lowest BCUT2D eigenvalue weighted by Crippen LogP contribution is -2.40. The number of aryl methyl sites for hydroxylation is 1. The number of amides is 1. The molecule has 0 radical (unpaired) electrons. The molecule has 2 rings (SSSR count). The highest BCUT2D eigenvalue weighted by Gasteiger charge is 2.34. The van der Waals surface area contributed by atoms with Gasteiger partial charge in [-0.2, -0.15) is 0 Å². The Bertz CT molecular complexity index is 501. The maximum Gasteiger partial charge on any atom is 0.303 e. The topological polar surface area (TPSA) is 71.3 Å². The smallest absolute Gasteiger partial charge is 0.303 e. The molecule has 0 spiro atoms. The fraction of sp³-hybridized carbons (Fsp3) is 0.625. The fourth-order valence-electron chi connectivity index (χ4n) is 3.29. The lowest BCUT2D eigenvalue weighted by atomic mass is 9.71. The van der Waals surface area contributed by atoms with Crippen molar-refractivity contribution in [2.45, 2.75) is 52.0 Å². The van der Waals surface area contributed by atoms with Crippen LogP contribution in [0.5, 0.6) is 0 Å². The predicted molar refractivity (Wildman–Crippen MR) is 80.2 cm³/mol. The standard InChI is InChI=1S/C16H24N2O3/c1-2-18-10-6-7-13(18)15(21)17-12-16(11-14(19)20)8-4-3-5-9-16/h6-7,10H,2-5,8-9,11-12H2,1H3,(H,17,21)(H,19,20). The number of nitrogens with zero attached hydrogens (tertiary/aromatic N) is 1. The van der Waals surface area contributed by atoms with E-state index in [2.05, 4.69) is 5.32 Å². The van der Waals surface area contributed by atoms with Crippen LogP contribution in [-0.2, 0) is 11.3 Å². The van der Waals surface area contributed by atoms with Crippen LogP contribution in [0.25, 0.3) is 0 Å². The van der Waals surface area contributed by atoms with Crippen molar-refractivity contribution in [1.82, 2.24) is 9.88 Å². The van der Waals surface area contributed by atoms with Crippen molar-refractivity contribution in [3.8, 4) is 0 Å². The first kappa shape index (κ1) is 15.6. The van der Waals surface area contributed by atoms with Crippen LogP contribution in [0.1, 0.15) is 55.9 Å². The SMILES string of the molecule is CCn1cccc1C(=O)NCC1(CC(=O)O)CCCCC1. The summed E-state index contributed by atoms with van der Waals surface area (Å²) >= 11 is 0. The first-order valence-corrected chi connectivity index (χ1v) is 7.71. The van der Waals surface area contributed by atoms with Crippen LogP contribution in [0.2, 0.25) is 0 Å². The van der Waals surface area contributed by atoms with Gasteiger partial charge in [0.1, 0.15) is 5.69 Å². The van der Waals surface area contributed by atoms with E-state index in [1.807, 2.05) is 23.8 Å². The molecule has 0 unspecified atom stereocenters. The second-order valence-electron chi connectivity index (χ2n) is 5.99. The van der Waals surface area contributed by atoms with Gasteiger partial charge in [0.05, 0.1) is 6.42 Å². The summed E-state index contributed by atoms with van der Waals surface area (Å²) < 4.78 is 1.89. The zero-order valence-corrected chi connectivity index (χ0v) is 12.6. The maximum atomic E-state index is 12.3. The number of carbonyl (C=O) groups is 2. The van der Waals surface area contributed by atoms with E-state index in [1.165, 1.54) is 0 Å². The predicted octanol–water partition coefficient (Wildman–Crippen LogP) is 2.66. The first-order chi connectivity index (χ1) is 10.1. The highest BCUT2D eigenvalue weighted by molar-refractivity contribution is 5.92. The van der Waals surface area contributed by atoms with Gasteiger partial charge in [-0.3, -0.25) is 9.59 Å². The summed E-state index contributed by atoms with van der Waals surface area (Å²) in [6, 6.07) is 3.65. The van der Waals surface area contributed by atoms with Crippen molar-refractivity contribution in [1.29, 1.82) is 0 Å². The van der Waals surface area contributed by atoms with Gasteiger partial charge in [0.2, 0.25) is 0 Å². The Labute approximate surface area is 125 Å². The molecule has 5 nitrogen and oxygen atoms in total. The Kier molecular flexibility index (Phi) is 5.04. The van der Waals surface area contributed by atoms with Crippen molar-refractivity contribution in [3.05, 3.63) is 24.0 Å². The summed E-state index contributed by atoms with van der Waals surface area (Å²) in [5.74, 6) is -0.889. The first-order valence-electron chi connectivity index (χ1n) is 7.71. The molecule has 116 valence electrons. The number of hydrogen-bond donors (Lipinski definition) is 2. The van der Waals surface area contributed by atoms with Gasteiger partial charge in [-0.05, 0) is 37.3 Å². The quantitative estimate of drug-likeness (QED) is 0.846. The van der Waals surface area contributed by atoms with Crippen molar-refractivity contribution in [3.63, 3.8) is 0 Å². The third kappa shape index (κ3) is 3.86. The molecular formula is C16H24N2O3. The number of carbonyl (C=O) groups excluding carboxylic acids is 1. The largest absolute Gasteiger partial charge is 0.481 e. The van der Waals surface area contributed by atoms with Crippen LogP contribution in [0, 0.1) is 5.41 Å². The van der Waals surface area contributed by atoms with Crippen LogP contribution < -0.4 is 5.32 Å². The van der Waals surface area contributed by atoms with Gasteiger partial charge >= 0.3 is 5.97 Å². The van der Waals surface area contributed by atoms with E-state index in [1.54, 1.807) is 6.07 Å². The zero-order valence-electron chi connectivity index (χ0n) is 12.6. The lowest BCUT2D eigenvalue weighted by Gasteiger charge is -2.36. The minimum atomic E-state index is -0.775. The Morgan fingerprint density at radius 3 is 2.67 bits per heavy atom. The van der Waals surface area contributed by atoms with Gasteiger partial charge in [-0.25, -0.2) is 0 Å². The lowest BCUT2D eigenvalue weighted by molar-refractivity contribution is -0.140. The molecule has 0 atom stereocenters. The molecule has 1 aromatic heterocycles. The van der Waals surface area contributed by atoms with E-state index in [9.17, 15) is 9.59 Å². The summed E-state index contributed by atoms with van der Waals surface area (Å²) in [4.78, 5) is 23.4. The van der Waals surface area contributed by atoms with Crippen LogP contribution in [0.4, 0.5) is 0 Å². The van der Waals surface area contributed by atoms with Crippen molar-refractivity contribution in [2.24, 2.45) is 5.41 Å². The minimum Gasteiger partial charge on any atom is -0.481 e. The third-order valence-electron chi connectivity index (χ3n) is 4.47. The summed E-state index contributed by atoms with van der Waals surface area (Å²) in [6.07, 6.45) is 7.05. The Balaban J connectivity index is 2.01. The second-order valence-corrected chi connectivity index (χ2v) is 5.99. The maximum absolute atomic E-state index is 12.3. The molecule has 0 saturated heterocycles. The molecule has 0 bridgehead atoms. The summed E-state index contributed by atoms with van der Waals surface area (Å²) in [6.45, 7) is 3.19. The number of carboxylic acids is 1. The van der Waals surface area contributed by atoms with Gasteiger partial charge in [0.25, 0.3) is 5.91 Å². The molecule has 1 fully saturated rings. The molecule has 2 N–H and O–H groups in total. The third-order valence-corrected chi connectivity index (χ3v) is 4.47. The van der Waals surface area contributed by atoms with Crippen molar-refractivity contribution >= 4 is 11.9 Å². The molecule has 5 heteroatoms. The summed E-state index contributed by atoms with van der Waals surface area (Å²) in [5, 5.41) is 12.1. The van der Waals surface area contributed by atoms with E-state index in [4.69, 9.17) is 5.11 Å². The normalized spacial score (nSPS) is 17.4. The van der Waals surface area contributed by atoms with E-state index in [0.717, 1.165) is 38.6 Å². The second kappa shape index (κ2) is 6.78. The number of hydrogen-bond acceptors (Lipinski definition) is 2. The van der Waals surface area contributed by atoms with Crippen LogP contribution in [-0.4, -0.2) is 28.1 Å². The van der Waals surface area contributed by atoms with E-state index < -0.39 is 5.97 Å². The minimum absolute atomic E-state index is 0.114. The molecule has 1 amide bonds. The van der Waals surface area contributed by atoms with Gasteiger partial charge in [-0.15, -0.1) is 0 Å². The van der Waals surface area contributed by atoms with Gasteiger partial charge in [-0.1, -0.05) is 19.3 Å². The number of nitrogens with one attached hydrogen (secondary N) is 1. The molecule has 1 aliphatic rings. The van der Waals surface area contributed by atoms with Crippen LogP contribution in [0.15, 0.2) is 18.3 Å². The average Bonchev–Trinajstić information content (AvgIpc) is 2.93. The molecule has 1 aliphatic carbocycles. The summed E-state index contributed by atoms with van der Waals surface area (Å²) in [7, 11) is 0. The molecule has 1 heterocycles. The molecule has 0 aliphatic heterocycles. The molecule has 0 aromatic carbocycles. The Morgan fingerprint density at radius 1 is 1.33 bits per heavy atom. The highest BCUT2D eigenvalue weighted by Crippen LogP contribution is 2.38. The molecule has 21 heavy (non-hydrogen) atoms. The van der Waals surface area contributed by atoms with Crippen LogP contribution in [0.3, 0.4) is 0 Å². The Hall–Kier alpha value is -1.78. The van der Waals surface area contributed by atoms with Gasteiger partial charge in [0.15, 0.2) is 0 Å². The van der Waals surface area contributed by atoms with E-state index in [-0.39, 0.29) is 17.7 Å². The molecular weight excluding hydrogens is 268 g/mol. The zero-order chi connectivity index (χ0) is 15.3. The van der Waals surface area contributed by atoms with E-state index >= 15 is 0 Å². The van der Waals surface area contributed by atoms with Gasteiger partial charge in [0, 0.05) is 19.3 Å². The van der Waals surface area contributed by atoms with Crippen LogP contribution >= 0.6 is 0 Å². The Morgan fingerprint density at radius 2 is 2.05 bits per heavy atom. The number of rotatable bonds is 6. The van der Waals surface area contributed by atoms with Gasteiger partial charge < -0.3 is 15.0 Å². The number of aromatic nitrogens is 1. The fourth-order valence-corrected chi connectivity index (χ4v) is 3.29. The highest BCUT2D eigenvalue weighted by atomic mass is 16.4. The molecule has 1 saturated carbocycles. The summed E-state index contributed by atoms with van der Waals surface area (Å²) in [5.41, 5.74) is 0.363. The number of aliphatic carboxylic acids is 1. The molecule has 1 aromatic rings. The van der Waals surface area contributed by atoms with Crippen molar-refractivity contribution < 1.29 is 14.7 Å². The number of carboxylic acid groups (broad SMARTS) is 1. The van der Waals surface area contributed by atoms with Crippen molar-refractivity contribution in [2.75, 3.05) is 6.54 Å².